The molecular formula is C20H29N5O3. The zero-order chi connectivity index (χ0) is 19.8. The second-order valence-electron chi connectivity index (χ2n) is 8.26. The zero-order valence-corrected chi connectivity index (χ0v) is 17.0. The van der Waals surface area contributed by atoms with Gasteiger partial charge in [-0.1, -0.05) is 5.16 Å². The molecule has 8 heteroatoms. The number of fused-ring (bicyclic) bond motifs is 1. The van der Waals surface area contributed by atoms with Crippen LogP contribution in [0.4, 0.5) is 0 Å². The molecule has 0 radical (unpaired) electrons. The number of amides is 1. The third kappa shape index (κ3) is 3.77. The lowest BCUT2D eigenvalue weighted by atomic mass is 10.0. The van der Waals surface area contributed by atoms with E-state index in [0.717, 1.165) is 48.6 Å². The summed E-state index contributed by atoms with van der Waals surface area (Å²) in [7, 11) is 1.87. The Kier molecular flexibility index (Phi) is 5.12. The van der Waals surface area contributed by atoms with Crippen LogP contribution in [-0.2, 0) is 30.7 Å². The van der Waals surface area contributed by atoms with Crippen LogP contribution >= 0.6 is 0 Å². The molecule has 2 aromatic rings. The van der Waals surface area contributed by atoms with Gasteiger partial charge >= 0.3 is 5.69 Å². The van der Waals surface area contributed by atoms with Crippen LogP contribution < -0.4 is 5.69 Å². The highest BCUT2D eigenvalue weighted by atomic mass is 16.5. The largest absolute Gasteiger partial charge is 0.361 e. The van der Waals surface area contributed by atoms with Crippen LogP contribution in [0.1, 0.15) is 54.9 Å². The van der Waals surface area contributed by atoms with E-state index in [1.54, 1.807) is 4.68 Å². The maximum atomic E-state index is 12.7. The Morgan fingerprint density at radius 1 is 1.25 bits per heavy atom. The first-order valence-electron chi connectivity index (χ1n) is 10.3. The predicted molar refractivity (Wildman–Crippen MR) is 103 cm³/mol. The van der Waals surface area contributed by atoms with E-state index in [1.165, 1.54) is 12.8 Å². The fourth-order valence-electron chi connectivity index (χ4n) is 4.14. The summed E-state index contributed by atoms with van der Waals surface area (Å²) in [6, 6.07) is 0.134. The normalized spacial score (nSPS) is 19.3. The van der Waals surface area contributed by atoms with E-state index in [0.29, 0.717) is 25.3 Å². The van der Waals surface area contributed by atoms with Crippen molar-refractivity contribution >= 4 is 5.91 Å². The summed E-state index contributed by atoms with van der Waals surface area (Å²) >= 11 is 0. The lowest BCUT2D eigenvalue weighted by Crippen LogP contribution is -2.38. The molecule has 0 spiro atoms. The Labute approximate surface area is 164 Å². The first-order valence-corrected chi connectivity index (χ1v) is 10.3. The highest BCUT2D eigenvalue weighted by Crippen LogP contribution is 2.30. The third-order valence-electron chi connectivity index (χ3n) is 6.23. The molecule has 0 bridgehead atoms. The molecule has 1 unspecified atom stereocenters. The quantitative estimate of drug-likeness (QED) is 0.755. The SMILES string of the molecule is Cc1noc(C)c1CCC(=O)N(C)C1CCc2nn(CC3CC3)c(=O)n2CC1. The average molecular weight is 387 g/mol. The molecule has 8 nitrogen and oxygen atoms in total. The van der Waals surface area contributed by atoms with E-state index in [-0.39, 0.29) is 17.6 Å². The van der Waals surface area contributed by atoms with E-state index in [2.05, 4.69) is 10.3 Å². The molecule has 0 saturated heterocycles. The van der Waals surface area contributed by atoms with Crippen molar-refractivity contribution in [3.05, 3.63) is 33.3 Å². The standard InChI is InChI=1S/C20H29N5O3/c1-13-17(14(2)28-22-13)7-9-19(26)23(3)16-6-8-18-21-25(12-15-4-5-15)20(27)24(18)11-10-16/h15-16H,4-12H2,1-3H3. The molecular weight excluding hydrogens is 358 g/mol. The highest BCUT2D eigenvalue weighted by molar-refractivity contribution is 5.76. The van der Waals surface area contributed by atoms with E-state index in [1.807, 2.05) is 30.4 Å². The van der Waals surface area contributed by atoms with Crippen molar-refractivity contribution in [3.63, 3.8) is 0 Å². The van der Waals surface area contributed by atoms with E-state index < -0.39 is 0 Å². The maximum Gasteiger partial charge on any atom is 0.345 e. The summed E-state index contributed by atoms with van der Waals surface area (Å²) in [5, 5.41) is 8.52. The fourth-order valence-corrected chi connectivity index (χ4v) is 4.14. The van der Waals surface area contributed by atoms with Gasteiger partial charge in [0.25, 0.3) is 0 Å². The second-order valence-corrected chi connectivity index (χ2v) is 8.26. The van der Waals surface area contributed by atoms with E-state index in [9.17, 15) is 9.59 Å². The zero-order valence-electron chi connectivity index (χ0n) is 17.0. The minimum absolute atomic E-state index is 0.00920. The molecule has 1 atom stereocenters. The molecule has 2 aromatic heterocycles. The second kappa shape index (κ2) is 7.56. The Morgan fingerprint density at radius 2 is 2.04 bits per heavy atom. The summed E-state index contributed by atoms with van der Waals surface area (Å²) in [5.41, 5.74) is 1.89. The molecule has 0 aromatic carbocycles. The van der Waals surface area contributed by atoms with Crippen LogP contribution in [0, 0.1) is 19.8 Å². The summed E-state index contributed by atoms with van der Waals surface area (Å²) < 4.78 is 8.64. The molecule has 1 fully saturated rings. The Hall–Kier alpha value is -2.38. The molecule has 1 amide bonds. The van der Waals surface area contributed by atoms with Gasteiger partial charge in [-0.25, -0.2) is 9.48 Å². The van der Waals surface area contributed by atoms with E-state index >= 15 is 0 Å². The van der Waals surface area contributed by atoms with Gasteiger partial charge in [-0.3, -0.25) is 9.36 Å². The Balaban J connectivity index is 1.35. The maximum absolute atomic E-state index is 12.7. The number of carbonyl (C=O) groups is 1. The lowest BCUT2D eigenvalue weighted by Gasteiger charge is -2.27. The van der Waals surface area contributed by atoms with Crippen LogP contribution in [0.2, 0.25) is 0 Å². The van der Waals surface area contributed by atoms with Gasteiger partial charge in [-0.2, -0.15) is 5.10 Å². The molecule has 1 saturated carbocycles. The van der Waals surface area contributed by atoms with Crippen molar-refractivity contribution in [1.29, 1.82) is 0 Å². The molecule has 2 aliphatic rings. The predicted octanol–water partition coefficient (Wildman–Crippen LogP) is 1.86. The third-order valence-corrected chi connectivity index (χ3v) is 6.23. The van der Waals surface area contributed by atoms with Crippen LogP contribution in [0.3, 0.4) is 0 Å². The van der Waals surface area contributed by atoms with Gasteiger partial charge in [-0.05, 0) is 51.9 Å². The lowest BCUT2D eigenvalue weighted by molar-refractivity contribution is -0.132. The Morgan fingerprint density at radius 3 is 2.71 bits per heavy atom. The van der Waals surface area contributed by atoms with Gasteiger partial charge in [0.1, 0.15) is 11.6 Å². The molecule has 28 heavy (non-hydrogen) atoms. The van der Waals surface area contributed by atoms with Crippen LogP contribution in [-0.4, -0.2) is 43.4 Å². The summed E-state index contributed by atoms with van der Waals surface area (Å²) in [6.07, 6.45) is 5.86. The van der Waals surface area contributed by atoms with Crippen LogP contribution in [0.25, 0.3) is 0 Å². The number of nitrogens with zero attached hydrogens (tertiary/aromatic N) is 5. The van der Waals surface area contributed by atoms with Crippen molar-refractivity contribution in [2.24, 2.45) is 5.92 Å². The number of rotatable bonds is 6. The van der Waals surface area contributed by atoms with Gasteiger partial charge in [0, 0.05) is 44.6 Å². The fraction of sp³-hybridized carbons (Fsp3) is 0.700. The van der Waals surface area contributed by atoms with Gasteiger partial charge in [-0.15, -0.1) is 0 Å². The van der Waals surface area contributed by atoms with Gasteiger partial charge in [0.15, 0.2) is 0 Å². The van der Waals surface area contributed by atoms with Crippen LogP contribution in [0.5, 0.6) is 0 Å². The number of aryl methyl sites for hydroxylation is 3. The molecule has 152 valence electrons. The van der Waals surface area contributed by atoms with E-state index in [4.69, 9.17) is 4.52 Å². The average Bonchev–Trinajstić information content (AvgIpc) is 3.41. The van der Waals surface area contributed by atoms with Crippen molar-refractivity contribution < 1.29 is 9.32 Å². The first-order chi connectivity index (χ1) is 13.4. The molecule has 3 heterocycles. The number of carbonyl (C=O) groups excluding carboxylic acids is 1. The van der Waals surface area contributed by atoms with Gasteiger partial charge < -0.3 is 9.42 Å². The van der Waals surface area contributed by atoms with Crippen LogP contribution in [0.15, 0.2) is 9.32 Å². The van der Waals surface area contributed by atoms with Gasteiger partial charge in [0.05, 0.1) is 5.69 Å². The number of hydrogen-bond donors (Lipinski definition) is 0. The summed E-state index contributed by atoms with van der Waals surface area (Å²) in [5.74, 6) is 2.40. The summed E-state index contributed by atoms with van der Waals surface area (Å²) in [4.78, 5) is 27.2. The monoisotopic (exact) mass is 387 g/mol. The Bertz CT molecular complexity index is 901. The molecule has 4 rings (SSSR count). The first kappa shape index (κ1) is 19.0. The highest BCUT2D eigenvalue weighted by Gasteiger charge is 2.28. The molecule has 1 aliphatic heterocycles. The van der Waals surface area contributed by atoms with Gasteiger partial charge in [0.2, 0.25) is 5.91 Å². The van der Waals surface area contributed by atoms with Crippen molar-refractivity contribution in [3.8, 4) is 0 Å². The molecule has 0 N–H and O–H groups in total. The van der Waals surface area contributed by atoms with Crippen molar-refractivity contribution in [1.82, 2.24) is 24.4 Å². The van der Waals surface area contributed by atoms with Crippen molar-refractivity contribution in [2.45, 2.75) is 77.9 Å². The number of aromatic nitrogens is 4. The topological polar surface area (TPSA) is 86.2 Å². The summed E-state index contributed by atoms with van der Waals surface area (Å²) in [6.45, 7) is 5.17. The molecule has 1 aliphatic carbocycles. The minimum atomic E-state index is 0.00920. The number of hydrogen-bond acceptors (Lipinski definition) is 5. The van der Waals surface area contributed by atoms with Crippen molar-refractivity contribution in [2.75, 3.05) is 7.05 Å². The smallest absolute Gasteiger partial charge is 0.345 e. The minimum Gasteiger partial charge on any atom is -0.361 e.